The zero-order valence-corrected chi connectivity index (χ0v) is 14.8. The van der Waals surface area contributed by atoms with Gasteiger partial charge >= 0.3 is 6.03 Å². The Kier molecular flexibility index (Phi) is 4.68. The first kappa shape index (κ1) is 17.3. The molecule has 0 bridgehead atoms. The number of benzene rings is 2. The van der Waals surface area contributed by atoms with E-state index in [4.69, 9.17) is 16.3 Å². The number of nitrogens with one attached hydrogen (secondary N) is 1. The van der Waals surface area contributed by atoms with Crippen LogP contribution >= 0.6 is 11.6 Å². The number of imide groups is 1. The molecule has 0 unspecified atom stereocenters. The van der Waals surface area contributed by atoms with Gasteiger partial charge in [-0.1, -0.05) is 41.9 Å². The van der Waals surface area contributed by atoms with Gasteiger partial charge in [0.15, 0.2) is 0 Å². The molecular formula is C19H19ClN2O3. The van der Waals surface area contributed by atoms with Gasteiger partial charge in [-0.2, -0.15) is 0 Å². The second kappa shape index (κ2) is 6.76. The molecule has 2 aromatic carbocycles. The highest BCUT2D eigenvalue weighted by atomic mass is 35.5. The summed E-state index contributed by atoms with van der Waals surface area (Å²) in [5, 5.41) is 3.18. The van der Waals surface area contributed by atoms with E-state index >= 15 is 0 Å². The van der Waals surface area contributed by atoms with Crippen molar-refractivity contribution in [1.29, 1.82) is 0 Å². The van der Waals surface area contributed by atoms with Gasteiger partial charge in [-0.05, 0) is 37.6 Å². The number of aryl methyl sites for hydroxylation is 1. The quantitative estimate of drug-likeness (QED) is 0.832. The van der Waals surface area contributed by atoms with Crippen molar-refractivity contribution in [1.82, 2.24) is 10.2 Å². The maximum absolute atomic E-state index is 12.8. The molecule has 3 amide bonds. The fraction of sp³-hybridized carbons (Fsp3) is 0.263. The third-order valence-electron chi connectivity index (χ3n) is 4.26. The lowest BCUT2D eigenvalue weighted by Crippen LogP contribution is -2.41. The van der Waals surface area contributed by atoms with Gasteiger partial charge in [-0.15, -0.1) is 0 Å². The first-order chi connectivity index (χ1) is 11.9. The van der Waals surface area contributed by atoms with E-state index < -0.39 is 11.6 Å². The molecule has 1 atom stereocenters. The van der Waals surface area contributed by atoms with Crippen LogP contribution in [-0.2, 0) is 10.3 Å². The SMILES string of the molecule is Cc1cccc(OCCN2C(=O)N[C@](C)(c3ccccc3Cl)C2=O)c1. The van der Waals surface area contributed by atoms with Gasteiger partial charge in [0, 0.05) is 10.6 Å². The Bertz CT molecular complexity index is 824. The van der Waals surface area contributed by atoms with Crippen molar-refractivity contribution in [2.75, 3.05) is 13.2 Å². The molecular weight excluding hydrogens is 340 g/mol. The number of urea groups is 1. The molecule has 0 aromatic heterocycles. The highest BCUT2D eigenvalue weighted by Gasteiger charge is 2.49. The lowest BCUT2D eigenvalue weighted by Gasteiger charge is -2.23. The molecule has 0 aliphatic carbocycles. The molecule has 0 radical (unpaired) electrons. The summed E-state index contributed by atoms with van der Waals surface area (Å²) in [7, 11) is 0. The van der Waals surface area contributed by atoms with Crippen LogP contribution in [0.3, 0.4) is 0 Å². The van der Waals surface area contributed by atoms with Crippen LogP contribution in [-0.4, -0.2) is 30.0 Å². The number of hydrogen-bond acceptors (Lipinski definition) is 3. The number of rotatable bonds is 5. The van der Waals surface area contributed by atoms with Crippen molar-refractivity contribution in [3.05, 3.63) is 64.7 Å². The van der Waals surface area contributed by atoms with E-state index in [0.29, 0.717) is 16.3 Å². The molecule has 130 valence electrons. The summed E-state index contributed by atoms with van der Waals surface area (Å²) in [6.45, 7) is 4.02. The summed E-state index contributed by atoms with van der Waals surface area (Å²) in [5.74, 6) is 0.374. The first-order valence-corrected chi connectivity index (χ1v) is 8.38. The molecule has 0 spiro atoms. The van der Waals surface area contributed by atoms with E-state index in [1.807, 2.05) is 31.2 Å². The summed E-state index contributed by atoms with van der Waals surface area (Å²) in [5.41, 5.74) is 0.495. The lowest BCUT2D eigenvalue weighted by atomic mass is 9.92. The zero-order valence-electron chi connectivity index (χ0n) is 14.1. The van der Waals surface area contributed by atoms with Gasteiger partial charge in [0.2, 0.25) is 0 Å². The molecule has 1 aliphatic heterocycles. The van der Waals surface area contributed by atoms with Crippen LogP contribution < -0.4 is 10.1 Å². The first-order valence-electron chi connectivity index (χ1n) is 8.00. The average molecular weight is 359 g/mol. The van der Waals surface area contributed by atoms with Crippen LogP contribution in [0.2, 0.25) is 5.02 Å². The third-order valence-corrected chi connectivity index (χ3v) is 4.59. The van der Waals surface area contributed by atoms with Crippen molar-refractivity contribution < 1.29 is 14.3 Å². The molecule has 0 saturated carbocycles. The predicted molar refractivity (Wildman–Crippen MR) is 95.7 cm³/mol. The van der Waals surface area contributed by atoms with Gasteiger partial charge in [-0.3, -0.25) is 9.69 Å². The van der Waals surface area contributed by atoms with Crippen LogP contribution in [0.1, 0.15) is 18.1 Å². The zero-order chi connectivity index (χ0) is 18.0. The fourth-order valence-corrected chi connectivity index (χ4v) is 3.23. The van der Waals surface area contributed by atoms with Gasteiger partial charge in [-0.25, -0.2) is 4.79 Å². The molecule has 3 rings (SSSR count). The monoisotopic (exact) mass is 358 g/mol. The summed E-state index contributed by atoms with van der Waals surface area (Å²) < 4.78 is 5.64. The van der Waals surface area contributed by atoms with Crippen molar-refractivity contribution in [2.24, 2.45) is 0 Å². The minimum absolute atomic E-state index is 0.165. The normalized spacial score (nSPS) is 19.9. The number of carbonyl (C=O) groups excluding carboxylic acids is 2. The van der Waals surface area contributed by atoms with Crippen molar-refractivity contribution in [2.45, 2.75) is 19.4 Å². The minimum atomic E-state index is -1.17. The molecule has 6 heteroatoms. The van der Waals surface area contributed by atoms with Gasteiger partial charge in [0.25, 0.3) is 5.91 Å². The van der Waals surface area contributed by atoms with E-state index in [2.05, 4.69) is 5.32 Å². The van der Waals surface area contributed by atoms with E-state index in [1.54, 1.807) is 31.2 Å². The largest absolute Gasteiger partial charge is 0.492 e. The molecule has 1 heterocycles. The number of carbonyl (C=O) groups is 2. The highest BCUT2D eigenvalue weighted by Crippen LogP contribution is 2.33. The average Bonchev–Trinajstić information content (AvgIpc) is 2.79. The van der Waals surface area contributed by atoms with Crippen LogP contribution in [0, 0.1) is 6.92 Å². The van der Waals surface area contributed by atoms with Crippen molar-refractivity contribution in [3.8, 4) is 5.75 Å². The highest BCUT2D eigenvalue weighted by molar-refractivity contribution is 6.32. The Morgan fingerprint density at radius 2 is 1.92 bits per heavy atom. The summed E-state index contributed by atoms with van der Waals surface area (Å²) in [6.07, 6.45) is 0. The molecule has 5 nitrogen and oxygen atoms in total. The van der Waals surface area contributed by atoms with Gasteiger partial charge in [0.1, 0.15) is 17.9 Å². The molecule has 25 heavy (non-hydrogen) atoms. The summed E-state index contributed by atoms with van der Waals surface area (Å²) in [4.78, 5) is 26.3. The van der Waals surface area contributed by atoms with Crippen LogP contribution in [0.25, 0.3) is 0 Å². The number of nitrogens with zero attached hydrogens (tertiary/aromatic N) is 1. The van der Waals surface area contributed by atoms with Gasteiger partial charge in [0.05, 0.1) is 6.54 Å². The summed E-state index contributed by atoms with van der Waals surface area (Å²) >= 11 is 6.21. The fourth-order valence-electron chi connectivity index (χ4n) is 2.91. The molecule has 1 fully saturated rings. The molecule has 1 N–H and O–H groups in total. The maximum Gasteiger partial charge on any atom is 0.325 e. The molecule has 2 aromatic rings. The van der Waals surface area contributed by atoms with Crippen molar-refractivity contribution in [3.63, 3.8) is 0 Å². The Balaban J connectivity index is 1.70. The number of ether oxygens (including phenoxy) is 1. The second-order valence-corrected chi connectivity index (χ2v) is 6.56. The second-order valence-electron chi connectivity index (χ2n) is 6.16. The smallest absolute Gasteiger partial charge is 0.325 e. The standard InChI is InChI=1S/C19H19ClN2O3/c1-13-6-5-7-14(12-13)25-11-10-22-17(23)19(2,21-18(22)24)15-8-3-4-9-16(15)20/h3-9,12H,10-11H2,1-2H3,(H,21,24)/t19-/m1/s1. The Labute approximate surface area is 151 Å². The van der Waals surface area contributed by atoms with E-state index in [-0.39, 0.29) is 19.1 Å². The lowest BCUT2D eigenvalue weighted by molar-refractivity contribution is -0.131. The third kappa shape index (κ3) is 3.33. The van der Waals surface area contributed by atoms with Crippen LogP contribution in [0.4, 0.5) is 4.79 Å². The molecule has 1 aliphatic rings. The minimum Gasteiger partial charge on any atom is -0.492 e. The Hall–Kier alpha value is -2.53. The number of halogens is 1. The molecule has 1 saturated heterocycles. The predicted octanol–water partition coefficient (Wildman–Crippen LogP) is 3.49. The summed E-state index contributed by atoms with van der Waals surface area (Å²) in [6, 6.07) is 14.2. The van der Waals surface area contributed by atoms with E-state index in [9.17, 15) is 9.59 Å². The van der Waals surface area contributed by atoms with Crippen LogP contribution in [0.5, 0.6) is 5.75 Å². The van der Waals surface area contributed by atoms with Gasteiger partial charge < -0.3 is 10.1 Å². The topological polar surface area (TPSA) is 58.6 Å². The number of amides is 3. The van der Waals surface area contributed by atoms with E-state index in [0.717, 1.165) is 5.56 Å². The van der Waals surface area contributed by atoms with E-state index in [1.165, 1.54) is 4.90 Å². The Morgan fingerprint density at radius 1 is 1.16 bits per heavy atom. The number of hydrogen-bond donors (Lipinski definition) is 1. The maximum atomic E-state index is 12.8. The van der Waals surface area contributed by atoms with Crippen molar-refractivity contribution >= 4 is 23.5 Å². The Morgan fingerprint density at radius 3 is 2.64 bits per heavy atom. The van der Waals surface area contributed by atoms with Crippen LogP contribution in [0.15, 0.2) is 48.5 Å².